The maximum absolute atomic E-state index is 13.1. The van der Waals surface area contributed by atoms with Crippen molar-refractivity contribution in [1.29, 1.82) is 0 Å². The van der Waals surface area contributed by atoms with E-state index in [0.29, 0.717) is 26.1 Å². The first-order valence-corrected chi connectivity index (χ1v) is 16.6. The lowest BCUT2D eigenvalue weighted by Gasteiger charge is -2.36. The van der Waals surface area contributed by atoms with Crippen LogP contribution >= 0.6 is 0 Å². The van der Waals surface area contributed by atoms with Gasteiger partial charge in [-0.1, -0.05) is 62.4 Å². The number of likely N-dealkylation sites (N-methyl/N-ethyl adjacent to an activating group) is 1. The normalized spacial score (nSPS) is 31.0. The van der Waals surface area contributed by atoms with E-state index in [0.717, 1.165) is 29.8 Å². The maximum atomic E-state index is 13.1. The second-order valence-corrected chi connectivity index (χ2v) is 13.6. The number of hydrogen-bond donors (Lipinski definition) is 3. The summed E-state index contributed by atoms with van der Waals surface area (Å²) in [4.78, 5) is 43.1. The highest BCUT2D eigenvalue weighted by Gasteiger charge is 2.37. The Morgan fingerprint density at radius 3 is 2.57 bits per heavy atom. The largest absolute Gasteiger partial charge is 0.465 e. The molecule has 0 spiro atoms. The molecule has 11 nitrogen and oxygen atoms in total. The first-order valence-electron chi connectivity index (χ1n) is 16.6. The molecule has 3 aliphatic heterocycles. The Bertz CT molecular complexity index is 1350. The van der Waals surface area contributed by atoms with Gasteiger partial charge in [-0.25, -0.2) is 9.59 Å². The van der Waals surface area contributed by atoms with Crippen LogP contribution in [0.15, 0.2) is 60.2 Å². The standard InChI is InChI=1S/C36H51N3O8/c1-24(21-30-29-12-7-6-11-27(29)23-39(30)34(42)43)9-8-10-25(2)33-26(3)13-14-31(46-35(44)38-19-17-37(5)18-20-38)36(4,45)16-15-28(40)22-32(41)47-33/h6-14,24,26,28,30-31,33,40,45H,15-23H2,1-5H3,(H,42,43)/b9-8+,14-13+,25-10+/t24-,26-,28-,30?,31-,33+,36-/m0/s1. The number of ether oxygens (including phenoxy) is 2. The fourth-order valence-corrected chi connectivity index (χ4v) is 6.47. The molecule has 2 amide bonds. The van der Waals surface area contributed by atoms with Crippen LogP contribution in [0.25, 0.3) is 0 Å². The maximum Gasteiger partial charge on any atom is 0.410 e. The van der Waals surface area contributed by atoms with Gasteiger partial charge in [0.05, 0.1) is 18.6 Å². The average molecular weight is 654 g/mol. The van der Waals surface area contributed by atoms with E-state index in [4.69, 9.17) is 9.47 Å². The van der Waals surface area contributed by atoms with E-state index in [9.17, 15) is 29.7 Å². The number of carbonyl (C=O) groups excluding carboxylic acids is 2. The molecule has 1 fully saturated rings. The number of cyclic esters (lactones) is 1. The molecule has 7 atom stereocenters. The topological polar surface area (TPSA) is 140 Å². The number of carboxylic acid groups (broad SMARTS) is 1. The third kappa shape index (κ3) is 9.68. The van der Waals surface area contributed by atoms with Crippen molar-refractivity contribution >= 4 is 18.2 Å². The minimum Gasteiger partial charge on any atom is -0.465 e. The minimum atomic E-state index is -1.47. The van der Waals surface area contributed by atoms with Gasteiger partial charge in [-0.2, -0.15) is 0 Å². The SMILES string of the molecule is C/C(=C\C=C\[C@H](C)CC1c2ccccc2CN1C(=O)O)[C@H]1OC(=O)C[C@@H](O)CC[C@](C)(O)[C@@H](OC(=O)N2CCN(C)CC2)/C=C/[C@@H]1C. The Hall–Kier alpha value is -3.67. The van der Waals surface area contributed by atoms with Crippen molar-refractivity contribution < 1.29 is 39.2 Å². The van der Waals surface area contributed by atoms with Gasteiger partial charge in [0.1, 0.15) is 11.7 Å². The second kappa shape index (κ2) is 16.0. The van der Waals surface area contributed by atoms with E-state index in [1.807, 2.05) is 70.3 Å². The van der Waals surface area contributed by atoms with Gasteiger partial charge in [0.25, 0.3) is 0 Å². The smallest absolute Gasteiger partial charge is 0.410 e. The molecular formula is C36H51N3O8. The van der Waals surface area contributed by atoms with Gasteiger partial charge >= 0.3 is 18.2 Å². The molecule has 0 aliphatic carbocycles. The number of aliphatic hydroxyl groups excluding tert-OH is 1. The van der Waals surface area contributed by atoms with Crippen LogP contribution in [0.3, 0.4) is 0 Å². The van der Waals surface area contributed by atoms with E-state index < -0.39 is 42.1 Å². The molecule has 0 radical (unpaired) electrons. The molecule has 258 valence electrons. The van der Waals surface area contributed by atoms with Gasteiger partial charge in [0.15, 0.2) is 6.10 Å². The summed E-state index contributed by atoms with van der Waals surface area (Å²) in [5, 5.41) is 31.8. The summed E-state index contributed by atoms with van der Waals surface area (Å²) in [6, 6.07) is 7.59. The van der Waals surface area contributed by atoms with Gasteiger partial charge < -0.3 is 34.6 Å². The molecule has 1 aromatic rings. The van der Waals surface area contributed by atoms with Crippen LogP contribution in [0.1, 0.15) is 70.5 Å². The van der Waals surface area contributed by atoms with Crippen molar-refractivity contribution in [3.63, 3.8) is 0 Å². The average Bonchev–Trinajstić information content (AvgIpc) is 3.39. The summed E-state index contributed by atoms with van der Waals surface area (Å²) < 4.78 is 11.7. The van der Waals surface area contributed by atoms with Gasteiger partial charge in [0.2, 0.25) is 0 Å². The monoisotopic (exact) mass is 653 g/mol. The summed E-state index contributed by atoms with van der Waals surface area (Å²) in [5.74, 6) is -0.835. The number of amides is 2. The van der Waals surface area contributed by atoms with Gasteiger partial charge in [-0.15, -0.1) is 0 Å². The lowest BCUT2D eigenvalue weighted by molar-refractivity contribution is -0.151. The Kier molecular flexibility index (Phi) is 12.3. The number of esters is 1. The Balaban J connectivity index is 1.49. The number of hydrogen-bond acceptors (Lipinski definition) is 8. The molecular weight excluding hydrogens is 602 g/mol. The summed E-state index contributed by atoms with van der Waals surface area (Å²) in [6.07, 6.45) is 5.76. The molecule has 1 unspecified atom stereocenters. The van der Waals surface area contributed by atoms with E-state index in [1.165, 1.54) is 4.90 Å². The zero-order valence-corrected chi connectivity index (χ0v) is 28.2. The van der Waals surface area contributed by atoms with Crippen molar-refractivity contribution in [2.75, 3.05) is 33.2 Å². The number of piperazine rings is 1. The minimum absolute atomic E-state index is 0.0568. The van der Waals surface area contributed by atoms with E-state index >= 15 is 0 Å². The van der Waals surface area contributed by atoms with Gasteiger partial charge in [-0.05, 0) is 68.9 Å². The highest BCUT2D eigenvalue weighted by atomic mass is 16.6. The van der Waals surface area contributed by atoms with Crippen LogP contribution in [0, 0.1) is 11.8 Å². The van der Waals surface area contributed by atoms with Crippen molar-refractivity contribution in [2.24, 2.45) is 11.8 Å². The van der Waals surface area contributed by atoms with Crippen molar-refractivity contribution in [2.45, 2.75) is 89.9 Å². The first-order chi connectivity index (χ1) is 22.2. The van der Waals surface area contributed by atoms with Crippen LogP contribution in [0.2, 0.25) is 0 Å². The van der Waals surface area contributed by atoms with E-state index in [1.54, 1.807) is 24.0 Å². The number of benzene rings is 1. The number of allylic oxidation sites excluding steroid dienone is 3. The fourth-order valence-electron chi connectivity index (χ4n) is 6.47. The molecule has 0 bridgehead atoms. The summed E-state index contributed by atoms with van der Waals surface area (Å²) in [6.45, 7) is 10.3. The third-order valence-corrected chi connectivity index (χ3v) is 9.53. The van der Waals surface area contributed by atoms with E-state index in [2.05, 4.69) is 4.90 Å². The first kappa shape index (κ1) is 36.2. The molecule has 47 heavy (non-hydrogen) atoms. The molecule has 1 aromatic carbocycles. The van der Waals surface area contributed by atoms with Gasteiger partial charge in [-0.3, -0.25) is 9.69 Å². The predicted molar refractivity (Wildman–Crippen MR) is 177 cm³/mol. The molecule has 11 heteroatoms. The van der Waals surface area contributed by atoms with Gasteiger partial charge in [0, 0.05) is 38.6 Å². The number of carbonyl (C=O) groups is 3. The van der Waals surface area contributed by atoms with Crippen molar-refractivity contribution in [1.82, 2.24) is 14.7 Å². The summed E-state index contributed by atoms with van der Waals surface area (Å²) in [7, 11) is 2.00. The number of nitrogens with zero attached hydrogens (tertiary/aromatic N) is 3. The molecule has 3 N–H and O–H groups in total. The van der Waals surface area contributed by atoms with Crippen molar-refractivity contribution in [3.8, 4) is 0 Å². The quantitative estimate of drug-likeness (QED) is 0.222. The Labute approximate surface area is 278 Å². The van der Waals surface area contributed by atoms with Crippen LogP contribution in [0.4, 0.5) is 9.59 Å². The van der Waals surface area contributed by atoms with Crippen LogP contribution in [-0.4, -0.2) is 105 Å². The second-order valence-electron chi connectivity index (χ2n) is 13.6. The molecule has 4 rings (SSSR count). The van der Waals surface area contributed by atoms with Crippen LogP contribution in [-0.2, 0) is 20.8 Å². The summed E-state index contributed by atoms with van der Waals surface area (Å²) in [5.41, 5.74) is 1.36. The fraction of sp³-hybridized carbons (Fsp3) is 0.583. The number of aliphatic hydroxyl groups is 2. The molecule has 3 heterocycles. The number of rotatable bonds is 6. The van der Waals surface area contributed by atoms with Crippen LogP contribution in [0.5, 0.6) is 0 Å². The van der Waals surface area contributed by atoms with Crippen LogP contribution < -0.4 is 0 Å². The van der Waals surface area contributed by atoms with E-state index in [-0.39, 0.29) is 37.1 Å². The highest BCUT2D eigenvalue weighted by molar-refractivity contribution is 5.70. The molecule has 1 saturated heterocycles. The zero-order chi connectivity index (χ0) is 34.3. The lowest BCUT2D eigenvalue weighted by Crippen LogP contribution is -2.50. The molecule has 3 aliphatic rings. The molecule has 0 aromatic heterocycles. The Morgan fingerprint density at radius 1 is 1.17 bits per heavy atom. The summed E-state index contributed by atoms with van der Waals surface area (Å²) >= 11 is 0. The zero-order valence-electron chi connectivity index (χ0n) is 28.2. The number of fused-ring (bicyclic) bond motifs is 1. The third-order valence-electron chi connectivity index (χ3n) is 9.53. The lowest BCUT2D eigenvalue weighted by atomic mass is 9.88. The highest BCUT2D eigenvalue weighted by Crippen LogP contribution is 2.38. The Morgan fingerprint density at radius 2 is 1.87 bits per heavy atom. The predicted octanol–water partition coefficient (Wildman–Crippen LogP) is 4.90. The van der Waals surface area contributed by atoms with Crippen molar-refractivity contribution in [3.05, 3.63) is 71.3 Å². The molecule has 0 saturated carbocycles.